The van der Waals surface area contributed by atoms with E-state index in [-0.39, 0.29) is 0 Å². The maximum atomic E-state index is 5.76. The van der Waals surface area contributed by atoms with Gasteiger partial charge in [-0.1, -0.05) is 22.0 Å². The molecule has 0 unspecified atom stereocenters. The Morgan fingerprint density at radius 2 is 2.00 bits per heavy atom. The van der Waals surface area contributed by atoms with Gasteiger partial charge in [-0.05, 0) is 47.5 Å². The second-order valence-corrected chi connectivity index (χ2v) is 5.58. The van der Waals surface area contributed by atoms with Gasteiger partial charge in [0, 0.05) is 11.0 Å². The van der Waals surface area contributed by atoms with Crippen LogP contribution in [-0.2, 0) is 6.54 Å². The lowest BCUT2D eigenvalue weighted by molar-refractivity contribution is 0.817. The first-order chi connectivity index (χ1) is 8.04. The van der Waals surface area contributed by atoms with Crippen molar-refractivity contribution in [2.45, 2.75) is 20.4 Å². The lowest BCUT2D eigenvalue weighted by Crippen LogP contribution is -2.07. The molecule has 0 aliphatic heterocycles. The first-order valence-corrected chi connectivity index (χ1v) is 6.83. The summed E-state index contributed by atoms with van der Waals surface area (Å²) in [5.74, 6) is 0. The topological polar surface area (TPSA) is 43.8 Å². The minimum Gasteiger partial charge on any atom is -0.326 e. The average molecular weight is 359 g/mol. The molecule has 0 saturated carbocycles. The number of nitrogens with zero attached hydrogens (tertiary/aromatic N) is 2. The van der Waals surface area contributed by atoms with Gasteiger partial charge in [0.2, 0.25) is 0 Å². The van der Waals surface area contributed by atoms with E-state index in [1.165, 1.54) is 0 Å². The predicted molar refractivity (Wildman–Crippen MR) is 76.3 cm³/mol. The number of hydrogen-bond donors (Lipinski definition) is 1. The van der Waals surface area contributed by atoms with Crippen LogP contribution < -0.4 is 5.73 Å². The zero-order chi connectivity index (χ0) is 12.6. The maximum absolute atomic E-state index is 5.76. The number of rotatable bonds is 2. The number of halogens is 2. The molecular formula is C12H13Br2N3. The van der Waals surface area contributed by atoms with Gasteiger partial charge in [-0.2, -0.15) is 5.10 Å². The Balaban J connectivity index is 2.67. The molecule has 17 heavy (non-hydrogen) atoms. The molecule has 5 heteroatoms. The third-order valence-electron chi connectivity index (χ3n) is 2.70. The third kappa shape index (κ3) is 2.32. The van der Waals surface area contributed by atoms with Gasteiger partial charge in [-0.15, -0.1) is 0 Å². The van der Waals surface area contributed by atoms with E-state index in [1.807, 2.05) is 36.7 Å². The summed E-state index contributed by atoms with van der Waals surface area (Å²) in [5, 5.41) is 4.52. The van der Waals surface area contributed by atoms with Gasteiger partial charge in [0.05, 0.1) is 21.5 Å². The van der Waals surface area contributed by atoms with Crippen LogP contribution >= 0.6 is 31.9 Å². The second kappa shape index (κ2) is 4.92. The quantitative estimate of drug-likeness (QED) is 0.893. The van der Waals surface area contributed by atoms with Crippen molar-refractivity contribution in [3.05, 3.63) is 44.1 Å². The molecule has 0 spiro atoms. The molecule has 1 heterocycles. The normalized spacial score (nSPS) is 10.9. The van der Waals surface area contributed by atoms with Crippen LogP contribution in [0, 0.1) is 13.8 Å². The van der Waals surface area contributed by atoms with E-state index in [0.29, 0.717) is 6.54 Å². The van der Waals surface area contributed by atoms with Crippen molar-refractivity contribution in [2.24, 2.45) is 5.73 Å². The molecule has 0 atom stereocenters. The van der Waals surface area contributed by atoms with Crippen molar-refractivity contribution in [2.75, 3.05) is 0 Å². The molecule has 0 aliphatic rings. The van der Waals surface area contributed by atoms with Gasteiger partial charge in [0.1, 0.15) is 0 Å². The van der Waals surface area contributed by atoms with Crippen molar-refractivity contribution in [1.82, 2.24) is 9.78 Å². The van der Waals surface area contributed by atoms with Crippen LogP contribution in [0.1, 0.15) is 17.0 Å². The Morgan fingerprint density at radius 1 is 1.29 bits per heavy atom. The van der Waals surface area contributed by atoms with Crippen LogP contribution in [0.4, 0.5) is 0 Å². The Bertz CT molecular complexity index is 561. The molecular weight excluding hydrogens is 346 g/mol. The molecule has 0 bridgehead atoms. The van der Waals surface area contributed by atoms with Crippen LogP contribution in [-0.4, -0.2) is 9.78 Å². The summed E-state index contributed by atoms with van der Waals surface area (Å²) in [6, 6.07) is 6.05. The van der Waals surface area contributed by atoms with Gasteiger partial charge in [-0.25, -0.2) is 4.68 Å². The standard InChI is InChI=1S/C12H13Br2N3/c1-7-12(14)8(2)17(16-7)11-5-10(13)4-3-9(11)6-15/h3-5H,6,15H2,1-2H3. The Morgan fingerprint density at radius 3 is 2.53 bits per heavy atom. The first-order valence-electron chi connectivity index (χ1n) is 5.25. The summed E-state index contributed by atoms with van der Waals surface area (Å²) < 4.78 is 3.99. The fraction of sp³-hybridized carbons (Fsp3) is 0.250. The molecule has 0 aliphatic carbocycles. The number of aryl methyl sites for hydroxylation is 1. The van der Waals surface area contributed by atoms with Crippen LogP contribution in [0.15, 0.2) is 27.1 Å². The zero-order valence-corrected chi connectivity index (χ0v) is 12.8. The highest BCUT2D eigenvalue weighted by Crippen LogP contribution is 2.26. The molecule has 0 saturated heterocycles. The fourth-order valence-corrected chi connectivity index (χ4v) is 2.36. The third-order valence-corrected chi connectivity index (χ3v) is 4.34. The predicted octanol–water partition coefficient (Wildman–Crippen LogP) is 3.47. The molecule has 0 fully saturated rings. The monoisotopic (exact) mass is 357 g/mol. The smallest absolute Gasteiger partial charge is 0.0743 e. The van der Waals surface area contributed by atoms with Gasteiger partial charge < -0.3 is 5.73 Å². The Labute approximate surface area is 117 Å². The summed E-state index contributed by atoms with van der Waals surface area (Å²) in [6.07, 6.45) is 0. The highest BCUT2D eigenvalue weighted by atomic mass is 79.9. The summed E-state index contributed by atoms with van der Waals surface area (Å²) in [5.41, 5.74) is 9.92. The molecule has 3 nitrogen and oxygen atoms in total. The summed E-state index contributed by atoms with van der Waals surface area (Å²) in [6.45, 7) is 4.51. The van der Waals surface area contributed by atoms with E-state index >= 15 is 0 Å². The van der Waals surface area contributed by atoms with E-state index in [2.05, 4.69) is 37.0 Å². The minimum atomic E-state index is 0.499. The number of hydrogen-bond acceptors (Lipinski definition) is 2. The van der Waals surface area contributed by atoms with Crippen LogP contribution in [0.5, 0.6) is 0 Å². The lowest BCUT2D eigenvalue weighted by atomic mass is 10.2. The van der Waals surface area contributed by atoms with Crippen molar-refractivity contribution in [1.29, 1.82) is 0 Å². The number of nitrogens with two attached hydrogens (primary N) is 1. The van der Waals surface area contributed by atoms with Crippen molar-refractivity contribution in [3.63, 3.8) is 0 Å². The summed E-state index contributed by atoms with van der Waals surface area (Å²) in [4.78, 5) is 0. The number of benzene rings is 1. The van der Waals surface area contributed by atoms with Crippen molar-refractivity contribution >= 4 is 31.9 Å². The number of aromatic nitrogens is 2. The molecule has 1 aromatic carbocycles. The van der Waals surface area contributed by atoms with E-state index < -0.39 is 0 Å². The molecule has 2 aromatic rings. The molecule has 2 N–H and O–H groups in total. The maximum Gasteiger partial charge on any atom is 0.0743 e. The van der Waals surface area contributed by atoms with Crippen LogP contribution in [0.3, 0.4) is 0 Å². The van der Waals surface area contributed by atoms with Crippen molar-refractivity contribution < 1.29 is 0 Å². The lowest BCUT2D eigenvalue weighted by Gasteiger charge is -2.10. The average Bonchev–Trinajstić information content (AvgIpc) is 2.57. The van der Waals surface area contributed by atoms with Crippen LogP contribution in [0.2, 0.25) is 0 Å². The molecule has 1 aromatic heterocycles. The van der Waals surface area contributed by atoms with Gasteiger partial charge >= 0.3 is 0 Å². The summed E-state index contributed by atoms with van der Waals surface area (Å²) >= 11 is 7.01. The highest BCUT2D eigenvalue weighted by Gasteiger charge is 2.13. The molecule has 0 amide bonds. The Kier molecular flexibility index (Phi) is 3.70. The summed E-state index contributed by atoms with van der Waals surface area (Å²) in [7, 11) is 0. The largest absolute Gasteiger partial charge is 0.326 e. The van der Waals surface area contributed by atoms with E-state index in [1.54, 1.807) is 0 Å². The highest BCUT2D eigenvalue weighted by molar-refractivity contribution is 9.10. The SMILES string of the molecule is Cc1nn(-c2cc(Br)ccc2CN)c(C)c1Br. The zero-order valence-electron chi connectivity index (χ0n) is 9.67. The van der Waals surface area contributed by atoms with Gasteiger partial charge in [0.15, 0.2) is 0 Å². The second-order valence-electron chi connectivity index (χ2n) is 3.87. The molecule has 90 valence electrons. The van der Waals surface area contributed by atoms with E-state index in [0.717, 1.165) is 31.6 Å². The van der Waals surface area contributed by atoms with Gasteiger partial charge in [-0.3, -0.25) is 0 Å². The van der Waals surface area contributed by atoms with E-state index in [4.69, 9.17) is 5.73 Å². The molecule has 2 rings (SSSR count). The first kappa shape index (κ1) is 12.8. The fourth-order valence-electron chi connectivity index (χ4n) is 1.77. The minimum absolute atomic E-state index is 0.499. The van der Waals surface area contributed by atoms with Crippen LogP contribution in [0.25, 0.3) is 5.69 Å². The van der Waals surface area contributed by atoms with E-state index in [9.17, 15) is 0 Å². The molecule has 0 radical (unpaired) electrons. The Hall–Kier alpha value is -0.650. The van der Waals surface area contributed by atoms with Crippen molar-refractivity contribution in [3.8, 4) is 5.69 Å². The van der Waals surface area contributed by atoms with Gasteiger partial charge in [0.25, 0.3) is 0 Å².